The van der Waals surface area contributed by atoms with Crippen LogP contribution < -0.4 is 9.72 Å². The number of fused-ring (bicyclic) bond motifs is 1. The van der Waals surface area contributed by atoms with Gasteiger partial charge in [-0.2, -0.15) is 17.6 Å². The fraction of sp³-hybridized carbons (Fsp3) is 0.600. The molecular formula is C20H22F3N2OS+. The van der Waals surface area contributed by atoms with E-state index in [0.29, 0.717) is 5.82 Å². The number of hydrogen-bond donors (Lipinski definition) is 1. The molecular weight excluding hydrogens is 373 g/mol. The Morgan fingerprint density at radius 3 is 2.37 bits per heavy atom. The second kappa shape index (κ2) is 5.93. The van der Waals surface area contributed by atoms with E-state index in [-0.39, 0.29) is 5.41 Å². The number of halogens is 3. The van der Waals surface area contributed by atoms with Crippen molar-refractivity contribution >= 4 is 27.9 Å². The minimum absolute atomic E-state index is 0.202. The van der Waals surface area contributed by atoms with Crippen LogP contribution in [0.1, 0.15) is 43.4 Å². The van der Waals surface area contributed by atoms with Crippen LogP contribution in [0.5, 0.6) is 0 Å². The van der Waals surface area contributed by atoms with Crippen molar-refractivity contribution in [2.45, 2.75) is 51.1 Å². The van der Waals surface area contributed by atoms with Crippen LogP contribution in [0.3, 0.4) is 0 Å². The highest BCUT2D eigenvalue weighted by Gasteiger charge is 2.52. The quantitative estimate of drug-likeness (QED) is 0.748. The van der Waals surface area contributed by atoms with E-state index in [0.717, 1.165) is 33.9 Å². The van der Waals surface area contributed by atoms with Gasteiger partial charge in [0.15, 0.2) is 4.83 Å². The van der Waals surface area contributed by atoms with E-state index in [2.05, 4.69) is 5.32 Å². The minimum atomic E-state index is -4.89. The third-order valence-electron chi connectivity index (χ3n) is 6.75. The lowest BCUT2D eigenvalue weighted by Gasteiger charge is -2.56. The van der Waals surface area contributed by atoms with Gasteiger partial charge in [0.1, 0.15) is 0 Å². The van der Waals surface area contributed by atoms with Crippen LogP contribution >= 0.6 is 11.3 Å². The van der Waals surface area contributed by atoms with Crippen LogP contribution in [0.4, 0.5) is 19.0 Å². The van der Waals surface area contributed by atoms with Gasteiger partial charge in [-0.1, -0.05) is 17.4 Å². The first-order valence-electron chi connectivity index (χ1n) is 9.62. The number of thiazole rings is 1. The van der Waals surface area contributed by atoms with Crippen LogP contribution in [0.15, 0.2) is 24.4 Å². The lowest BCUT2D eigenvalue weighted by atomic mass is 9.49. The van der Waals surface area contributed by atoms with Gasteiger partial charge in [-0.05, 0) is 80.2 Å². The van der Waals surface area contributed by atoms with E-state index in [1.807, 2.05) is 12.1 Å². The number of pyridine rings is 1. The van der Waals surface area contributed by atoms with Crippen molar-refractivity contribution in [3.63, 3.8) is 0 Å². The lowest BCUT2D eigenvalue weighted by Crippen LogP contribution is -2.47. The number of aromatic nitrogens is 1. The average Bonchev–Trinajstić information content (AvgIpc) is 2.89. The third-order valence-corrected chi connectivity index (χ3v) is 7.87. The Balaban J connectivity index is 1.51. The molecule has 3 nitrogen and oxygen atoms in total. The monoisotopic (exact) mass is 395 g/mol. The molecule has 0 saturated heterocycles. The summed E-state index contributed by atoms with van der Waals surface area (Å²) in [4.78, 5) is 13.4. The van der Waals surface area contributed by atoms with Gasteiger partial charge >= 0.3 is 17.9 Å². The molecule has 2 heterocycles. The number of nitrogens with zero attached hydrogens (tertiary/aromatic N) is 1. The normalized spacial score (nSPS) is 32.2. The van der Waals surface area contributed by atoms with Gasteiger partial charge in [0, 0.05) is 0 Å². The topological polar surface area (TPSA) is 33.2 Å². The maximum atomic E-state index is 12.9. The Bertz CT molecular complexity index is 869. The number of rotatable bonds is 3. The van der Waals surface area contributed by atoms with Gasteiger partial charge in [-0.15, -0.1) is 0 Å². The third kappa shape index (κ3) is 3.04. The molecule has 2 aromatic heterocycles. The van der Waals surface area contributed by atoms with E-state index in [4.69, 9.17) is 0 Å². The molecule has 0 spiro atoms. The van der Waals surface area contributed by atoms with Crippen LogP contribution in [0.25, 0.3) is 4.83 Å². The first-order valence-corrected chi connectivity index (χ1v) is 10.4. The summed E-state index contributed by atoms with van der Waals surface area (Å²) in [6.45, 7) is 0. The summed E-state index contributed by atoms with van der Waals surface area (Å²) in [7, 11) is 0. The van der Waals surface area contributed by atoms with Crippen molar-refractivity contribution in [3.05, 3.63) is 29.3 Å². The Hall–Kier alpha value is -1.63. The highest BCUT2D eigenvalue weighted by molar-refractivity contribution is 7.17. The predicted molar refractivity (Wildman–Crippen MR) is 96.5 cm³/mol. The van der Waals surface area contributed by atoms with Crippen LogP contribution in [0.2, 0.25) is 0 Å². The minimum Gasteiger partial charge on any atom is -0.236 e. The molecule has 4 fully saturated rings. The van der Waals surface area contributed by atoms with Crippen molar-refractivity contribution in [2.75, 3.05) is 5.32 Å². The van der Waals surface area contributed by atoms with Gasteiger partial charge in [-0.3, -0.25) is 0 Å². The summed E-state index contributed by atoms with van der Waals surface area (Å²) in [6, 6.07) is 5.53. The zero-order valence-corrected chi connectivity index (χ0v) is 15.7. The molecule has 6 rings (SSSR count). The van der Waals surface area contributed by atoms with E-state index >= 15 is 0 Å². The average molecular weight is 395 g/mol. The van der Waals surface area contributed by atoms with Crippen LogP contribution in [-0.4, -0.2) is 12.1 Å². The van der Waals surface area contributed by atoms with Gasteiger partial charge in [0.05, 0.1) is 11.1 Å². The summed E-state index contributed by atoms with van der Waals surface area (Å²) in [5, 5.41) is 2.17. The zero-order chi connectivity index (χ0) is 18.8. The molecule has 4 bridgehead atoms. The van der Waals surface area contributed by atoms with Crippen LogP contribution in [-0.2, 0) is 11.2 Å². The SMILES string of the molecule is O=C(Nc1c(CC23CC4CC(CC(C4)C2)C3)sc2cccc[n+]12)C(F)(F)F. The molecule has 1 amide bonds. The molecule has 27 heavy (non-hydrogen) atoms. The molecule has 0 atom stereocenters. The molecule has 4 aliphatic carbocycles. The summed E-state index contributed by atoms with van der Waals surface area (Å²) in [6.07, 6.45) is 5.16. The van der Waals surface area contributed by atoms with E-state index in [1.165, 1.54) is 49.9 Å². The molecule has 0 unspecified atom stereocenters. The predicted octanol–water partition coefficient (Wildman–Crippen LogP) is 4.75. The second-order valence-corrected chi connectivity index (χ2v) is 9.94. The van der Waals surface area contributed by atoms with Gasteiger partial charge in [-0.25, -0.2) is 10.1 Å². The Labute approximate surface area is 159 Å². The van der Waals surface area contributed by atoms with E-state index < -0.39 is 12.1 Å². The smallest absolute Gasteiger partial charge is 0.236 e. The summed E-state index contributed by atoms with van der Waals surface area (Å²) in [5.41, 5.74) is 0.202. The van der Waals surface area contributed by atoms with Crippen molar-refractivity contribution in [1.29, 1.82) is 0 Å². The fourth-order valence-corrected chi connectivity index (χ4v) is 7.55. The number of amides is 1. The molecule has 2 aromatic rings. The molecule has 0 radical (unpaired) electrons. The zero-order valence-electron chi connectivity index (χ0n) is 14.9. The number of carbonyl (C=O) groups excluding carboxylic acids is 1. The first kappa shape index (κ1) is 17.5. The Morgan fingerprint density at radius 1 is 1.15 bits per heavy atom. The maximum Gasteiger partial charge on any atom is 0.495 e. The van der Waals surface area contributed by atoms with Crippen molar-refractivity contribution in [2.24, 2.45) is 23.2 Å². The van der Waals surface area contributed by atoms with E-state index in [9.17, 15) is 18.0 Å². The van der Waals surface area contributed by atoms with Crippen molar-refractivity contribution in [3.8, 4) is 0 Å². The molecule has 4 aliphatic rings. The van der Waals surface area contributed by atoms with Crippen molar-refractivity contribution < 1.29 is 22.4 Å². The highest BCUT2D eigenvalue weighted by atomic mass is 32.1. The van der Waals surface area contributed by atoms with Crippen molar-refractivity contribution in [1.82, 2.24) is 0 Å². The molecule has 4 saturated carbocycles. The Morgan fingerprint density at radius 2 is 1.78 bits per heavy atom. The summed E-state index contributed by atoms with van der Waals surface area (Å²) >= 11 is 1.51. The standard InChI is InChI=1S/C20H21F3N2OS/c21-20(22,23)18(26)24-17-15(27-16-3-1-2-4-25(16)17)11-19-8-12-5-13(9-19)7-14(6-12)10-19/h1-4,12-14H,5-11H2/p+1. The highest BCUT2D eigenvalue weighted by Crippen LogP contribution is 2.61. The largest absolute Gasteiger partial charge is 0.495 e. The molecule has 7 heteroatoms. The number of nitrogens with one attached hydrogen (secondary N) is 1. The summed E-state index contributed by atoms with van der Waals surface area (Å²) in [5.74, 6) is 0.753. The first-order chi connectivity index (χ1) is 12.8. The fourth-order valence-electron chi connectivity index (χ4n) is 6.28. The molecule has 144 valence electrons. The number of alkyl halides is 3. The van der Waals surface area contributed by atoms with Gasteiger partial charge < -0.3 is 0 Å². The number of hydrogen-bond acceptors (Lipinski definition) is 2. The molecule has 0 aliphatic heterocycles. The number of anilines is 1. The number of carbonyl (C=O) groups is 1. The lowest BCUT2D eigenvalue weighted by molar-refractivity contribution is -0.491. The molecule has 0 aromatic carbocycles. The van der Waals surface area contributed by atoms with Crippen LogP contribution in [0, 0.1) is 23.2 Å². The summed E-state index contributed by atoms with van der Waals surface area (Å²) < 4.78 is 40.3. The van der Waals surface area contributed by atoms with Gasteiger partial charge in [0.2, 0.25) is 0 Å². The molecule has 1 N–H and O–H groups in total. The van der Waals surface area contributed by atoms with Gasteiger partial charge in [0.25, 0.3) is 0 Å². The van der Waals surface area contributed by atoms with E-state index in [1.54, 1.807) is 16.7 Å². The Kier molecular flexibility index (Phi) is 3.84. The maximum absolute atomic E-state index is 12.9. The second-order valence-electron chi connectivity index (χ2n) is 8.83.